The lowest BCUT2D eigenvalue weighted by atomic mass is 9.85. The SMILES string of the molecule is CC1=C(C2=C(O)C=CC(c3ccnc(N)c3F)N2C)N(C)C(N)N=C1C1CCN(C(C)C)CC1. The maximum absolute atomic E-state index is 14.8. The molecule has 4 rings (SSSR count). The van der Waals surface area contributed by atoms with Gasteiger partial charge in [-0.15, -0.1) is 0 Å². The van der Waals surface area contributed by atoms with Crippen LogP contribution in [0.5, 0.6) is 0 Å². The zero-order valence-corrected chi connectivity index (χ0v) is 20.7. The quantitative estimate of drug-likeness (QED) is 0.622. The van der Waals surface area contributed by atoms with Crippen LogP contribution in [0.25, 0.3) is 0 Å². The van der Waals surface area contributed by atoms with E-state index in [9.17, 15) is 9.50 Å². The molecule has 34 heavy (non-hydrogen) atoms. The number of aliphatic imine (C=N–C) groups is 1. The normalized spacial score (nSPS) is 25.0. The summed E-state index contributed by atoms with van der Waals surface area (Å²) in [7, 11) is 3.71. The average molecular weight is 470 g/mol. The molecular formula is C25H36FN7O. The number of allylic oxidation sites excluding steroid dienone is 2. The van der Waals surface area contributed by atoms with Crippen LogP contribution in [0, 0.1) is 11.7 Å². The molecule has 0 saturated carbocycles. The fourth-order valence-corrected chi connectivity index (χ4v) is 5.30. The number of nitrogens with two attached hydrogens (primary N) is 2. The van der Waals surface area contributed by atoms with Gasteiger partial charge >= 0.3 is 0 Å². The van der Waals surface area contributed by atoms with Crippen molar-refractivity contribution in [2.75, 3.05) is 32.9 Å². The van der Waals surface area contributed by atoms with E-state index in [-0.39, 0.29) is 11.6 Å². The van der Waals surface area contributed by atoms with E-state index in [1.54, 1.807) is 18.2 Å². The van der Waals surface area contributed by atoms with Crippen LogP contribution >= 0.6 is 0 Å². The van der Waals surface area contributed by atoms with Crippen molar-refractivity contribution in [1.29, 1.82) is 0 Å². The minimum absolute atomic E-state index is 0.102. The highest BCUT2D eigenvalue weighted by atomic mass is 19.1. The van der Waals surface area contributed by atoms with Gasteiger partial charge in [0.05, 0.1) is 11.7 Å². The molecule has 2 atom stereocenters. The van der Waals surface area contributed by atoms with Crippen molar-refractivity contribution in [2.45, 2.75) is 52.0 Å². The first-order valence-corrected chi connectivity index (χ1v) is 11.9. The van der Waals surface area contributed by atoms with Crippen molar-refractivity contribution in [1.82, 2.24) is 19.7 Å². The van der Waals surface area contributed by atoms with Crippen molar-refractivity contribution in [3.05, 3.63) is 58.5 Å². The van der Waals surface area contributed by atoms with Crippen LogP contribution in [0.3, 0.4) is 0 Å². The number of aliphatic hydroxyl groups excluding tert-OH is 1. The summed E-state index contributed by atoms with van der Waals surface area (Å²) in [5, 5.41) is 11.0. The molecule has 3 aliphatic heterocycles. The van der Waals surface area contributed by atoms with Crippen molar-refractivity contribution in [2.24, 2.45) is 16.6 Å². The second-order valence-corrected chi connectivity index (χ2v) is 9.66. The Morgan fingerprint density at radius 1 is 1.15 bits per heavy atom. The van der Waals surface area contributed by atoms with Gasteiger partial charge in [-0.2, -0.15) is 0 Å². The highest BCUT2D eigenvalue weighted by Crippen LogP contribution is 2.39. The number of nitrogen functional groups attached to an aromatic ring is 1. The molecule has 184 valence electrons. The molecule has 5 N–H and O–H groups in total. The first-order chi connectivity index (χ1) is 16.1. The number of piperidine rings is 1. The van der Waals surface area contributed by atoms with E-state index in [1.165, 1.54) is 6.20 Å². The minimum Gasteiger partial charge on any atom is -0.506 e. The minimum atomic E-state index is -0.566. The van der Waals surface area contributed by atoms with Gasteiger partial charge in [0.15, 0.2) is 17.9 Å². The van der Waals surface area contributed by atoms with Gasteiger partial charge in [0, 0.05) is 43.5 Å². The number of halogens is 1. The van der Waals surface area contributed by atoms with Crippen LogP contribution in [0.15, 0.2) is 52.1 Å². The van der Waals surface area contributed by atoms with E-state index in [4.69, 9.17) is 16.5 Å². The summed E-state index contributed by atoms with van der Waals surface area (Å²) in [5.41, 5.74) is 16.0. The van der Waals surface area contributed by atoms with E-state index in [0.717, 1.165) is 42.9 Å². The lowest BCUT2D eigenvalue weighted by molar-refractivity contribution is 0.168. The summed E-state index contributed by atoms with van der Waals surface area (Å²) >= 11 is 0. The zero-order chi connectivity index (χ0) is 24.7. The number of hydrogen-bond acceptors (Lipinski definition) is 8. The van der Waals surface area contributed by atoms with Gasteiger partial charge in [0.25, 0.3) is 0 Å². The first-order valence-electron chi connectivity index (χ1n) is 11.9. The summed E-state index contributed by atoms with van der Waals surface area (Å²) in [6.07, 6.45) is 6.33. The van der Waals surface area contributed by atoms with E-state index < -0.39 is 18.1 Å². The number of likely N-dealkylation sites (tertiary alicyclic amines) is 1. The fourth-order valence-electron chi connectivity index (χ4n) is 5.30. The number of aliphatic hydroxyl groups is 1. The second-order valence-electron chi connectivity index (χ2n) is 9.66. The summed E-state index contributed by atoms with van der Waals surface area (Å²) in [5.74, 6) is -0.284. The van der Waals surface area contributed by atoms with Crippen LogP contribution in [0.2, 0.25) is 0 Å². The molecule has 0 aromatic carbocycles. The molecule has 9 heteroatoms. The molecule has 0 aliphatic carbocycles. The van der Waals surface area contributed by atoms with Gasteiger partial charge in [-0.05, 0) is 64.4 Å². The highest BCUT2D eigenvalue weighted by molar-refractivity contribution is 6.03. The van der Waals surface area contributed by atoms with Crippen LogP contribution in [0.1, 0.15) is 45.2 Å². The molecular weight excluding hydrogens is 433 g/mol. The number of rotatable bonds is 4. The number of nitrogens with zero attached hydrogens (tertiary/aromatic N) is 5. The molecule has 1 fully saturated rings. The molecule has 2 unspecified atom stereocenters. The number of pyridine rings is 1. The number of likely N-dealkylation sites (N-methyl/N-ethyl adjacent to an activating group) is 2. The van der Waals surface area contributed by atoms with Gasteiger partial charge in [0.2, 0.25) is 0 Å². The number of anilines is 1. The average Bonchev–Trinajstić information content (AvgIpc) is 2.81. The van der Waals surface area contributed by atoms with Crippen molar-refractivity contribution < 1.29 is 9.50 Å². The van der Waals surface area contributed by atoms with Crippen LogP contribution in [-0.2, 0) is 0 Å². The van der Waals surface area contributed by atoms with E-state index in [2.05, 4.69) is 23.7 Å². The van der Waals surface area contributed by atoms with Gasteiger partial charge in [0.1, 0.15) is 11.5 Å². The molecule has 1 aromatic heterocycles. The Hall–Kier alpha value is -2.91. The molecule has 8 nitrogen and oxygen atoms in total. The Balaban J connectivity index is 1.71. The highest BCUT2D eigenvalue weighted by Gasteiger charge is 2.36. The molecule has 1 aromatic rings. The Morgan fingerprint density at radius 2 is 1.82 bits per heavy atom. The number of aromatic nitrogens is 1. The second kappa shape index (κ2) is 9.38. The predicted molar refractivity (Wildman–Crippen MR) is 133 cm³/mol. The van der Waals surface area contributed by atoms with Crippen LogP contribution in [-0.4, -0.2) is 70.0 Å². The van der Waals surface area contributed by atoms with Crippen molar-refractivity contribution in [3.63, 3.8) is 0 Å². The van der Waals surface area contributed by atoms with Gasteiger partial charge in [-0.25, -0.2) is 14.4 Å². The molecule has 0 radical (unpaired) electrons. The maximum Gasteiger partial charge on any atom is 0.173 e. The summed E-state index contributed by atoms with van der Waals surface area (Å²) in [6.45, 7) is 8.54. The number of hydrogen-bond donors (Lipinski definition) is 3. The third-order valence-electron chi connectivity index (χ3n) is 7.34. The van der Waals surface area contributed by atoms with Gasteiger partial charge in [-0.1, -0.05) is 6.08 Å². The van der Waals surface area contributed by atoms with E-state index in [1.807, 2.05) is 30.8 Å². The smallest absolute Gasteiger partial charge is 0.173 e. The molecule has 0 bridgehead atoms. The molecule has 0 amide bonds. The summed E-state index contributed by atoms with van der Waals surface area (Å²) in [4.78, 5) is 14.9. The molecule has 1 saturated heterocycles. The Morgan fingerprint density at radius 3 is 2.47 bits per heavy atom. The first kappa shape index (κ1) is 24.2. The third kappa shape index (κ3) is 4.18. The summed E-state index contributed by atoms with van der Waals surface area (Å²) < 4.78 is 14.8. The predicted octanol–water partition coefficient (Wildman–Crippen LogP) is 3.14. The van der Waals surface area contributed by atoms with Gasteiger partial charge in [-0.3, -0.25) is 5.73 Å². The lowest BCUT2D eigenvalue weighted by Gasteiger charge is -2.42. The molecule has 3 aliphatic rings. The fraction of sp³-hybridized carbons (Fsp3) is 0.520. The Bertz CT molecular complexity index is 1070. The summed E-state index contributed by atoms with van der Waals surface area (Å²) in [6, 6.07) is 1.68. The van der Waals surface area contributed by atoms with Crippen LogP contribution < -0.4 is 11.5 Å². The van der Waals surface area contributed by atoms with E-state index in [0.29, 0.717) is 23.2 Å². The van der Waals surface area contributed by atoms with Crippen molar-refractivity contribution in [3.8, 4) is 0 Å². The standard InChI is InChI=1S/C25H36FN7O/c1-14(2)33-12-9-16(10-13-33)21-15(3)22(32(5)25(28)30-21)23-19(34)7-6-18(31(23)4)17-8-11-29-24(27)20(17)26/h6-8,11,14,16,18,25,34H,9-10,12-13,28H2,1-5H3,(H2,27,29). The monoisotopic (exact) mass is 469 g/mol. The Labute approximate surface area is 201 Å². The van der Waals surface area contributed by atoms with Gasteiger partial charge < -0.3 is 25.5 Å². The van der Waals surface area contributed by atoms with E-state index >= 15 is 0 Å². The lowest BCUT2D eigenvalue weighted by Crippen LogP contribution is -2.47. The zero-order valence-electron chi connectivity index (χ0n) is 20.7. The van der Waals surface area contributed by atoms with Crippen molar-refractivity contribution >= 4 is 11.5 Å². The topological polar surface area (TPSA) is 107 Å². The molecule has 4 heterocycles. The third-order valence-corrected chi connectivity index (χ3v) is 7.34. The maximum atomic E-state index is 14.8. The largest absolute Gasteiger partial charge is 0.506 e. The molecule has 0 spiro atoms. The Kier molecular flexibility index (Phi) is 6.69. The van der Waals surface area contributed by atoms with Crippen LogP contribution in [0.4, 0.5) is 10.2 Å².